The number of para-hydroxylation sites is 1. The minimum Gasteiger partial charge on any atom is -0.487 e. The van der Waals surface area contributed by atoms with Crippen LogP contribution in [-0.4, -0.2) is 23.2 Å². The largest absolute Gasteiger partial charge is 0.487 e. The van der Waals surface area contributed by atoms with E-state index in [1.54, 1.807) is 25.7 Å². The van der Waals surface area contributed by atoms with Crippen molar-refractivity contribution in [1.29, 1.82) is 0 Å². The lowest BCUT2D eigenvalue weighted by Gasteiger charge is -2.11. The highest BCUT2D eigenvalue weighted by molar-refractivity contribution is 6.18. The van der Waals surface area contributed by atoms with E-state index in [9.17, 15) is 0 Å². The second-order valence-corrected chi connectivity index (χ2v) is 6.76. The zero-order valence-electron chi connectivity index (χ0n) is 16.7. The standard InChI is InChI=1S/C25H22N4O/c1-27-16-23(18-12-14-28-15-13-18)25(26)20-7-10-22(11-8-20)30-17-21-9-6-19-4-2-3-5-24(19)29-21/h2-16H,17,26H2,1H3. The number of hydrogen-bond donors (Lipinski definition) is 1. The van der Waals surface area contributed by atoms with Crippen molar-refractivity contribution in [2.75, 3.05) is 7.05 Å². The molecule has 4 aromatic rings. The van der Waals surface area contributed by atoms with Gasteiger partial charge in [0, 0.05) is 42.3 Å². The Morgan fingerprint density at radius 3 is 2.47 bits per heavy atom. The average Bonchev–Trinajstić information content (AvgIpc) is 2.81. The van der Waals surface area contributed by atoms with Gasteiger partial charge >= 0.3 is 0 Å². The number of fused-ring (bicyclic) bond motifs is 1. The van der Waals surface area contributed by atoms with Gasteiger partial charge in [-0.05, 0) is 59.7 Å². The molecule has 4 rings (SSSR count). The molecule has 0 saturated heterocycles. The molecule has 2 heterocycles. The lowest BCUT2D eigenvalue weighted by atomic mass is 10.0. The predicted molar refractivity (Wildman–Crippen MR) is 122 cm³/mol. The number of benzene rings is 2. The SMILES string of the molecule is CN=CC(=C(N)c1ccc(OCc2ccc3ccccc3n2)cc1)c1ccncc1. The van der Waals surface area contributed by atoms with Crippen LogP contribution in [0.5, 0.6) is 5.75 Å². The minimum absolute atomic E-state index is 0.403. The Bertz CT molecular complexity index is 1200. The fourth-order valence-electron chi connectivity index (χ4n) is 3.19. The second-order valence-electron chi connectivity index (χ2n) is 6.76. The molecule has 0 radical (unpaired) electrons. The number of aliphatic imine (C=N–C) groups is 1. The summed E-state index contributed by atoms with van der Waals surface area (Å²) < 4.78 is 5.91. The number of nitrogens with two attached hydrogens (primary N) is 1. The molecule has 0 aliphatic carbocycles. The summed E-state index contributed by atoms with van der Waals surface area (Å²) >= 11 is 0. The lowest BCUT2D eigenvalue weighted by molar-refractivity contribution is 0.302. The molecule has 0 atom stereocenters. The third kappa shape index (κ3) is 4.36. The van der Waals surface area contributed by atoms with Crippen LogP contribution >= 0.6 is 0 Å². The molecule has 2 aromatic heterocycles. The van der Waals surface area contributed by atoms with Crippen LogP contribution in [0.1, 0.15) is 16.8 Å². The zero-order valence-corrected chi connectivity index (χ0v) is 16.7. The summed E-state index contributed by atoms with van der Waals surface area (Å²) in [5.41, 5.74) is 11.7. The number of pyridine rings is 2. The van der Waals surface area contributed by atoms with Crippen molar-refractivity contribution >= 4 is 28.4 Å². The Balaban J connectivity index is 1.51. The lowest BCUT2D eigenvalue weighted by Crippen LogP contribution is -2.03. The summed E-state index contributed by atoms with van der Waals surface area (Å²) in [5.74, 6) is 0.760. The zero-order chi connectivity index (χ0) is 20.8. The average molecular weight is 394 g/mol. The molecule has 0 amide bonds. The van der Waals surface area contributed by atoms with E-state index in [-0.39, 0.29) is 0 Å². The predicted octanol–water partition coefficient (Wildman–Crippen LogP) is 4.74. The Labute approximate surface area is 175 Å². The van der Waals surface area contributed by atoms with Gasteiger partial charge in [-0.1, -0.05) is 24.3 Å². The van der Waals surface area contributed by atoms with Crippen LogP contribution in [0.4, 0.5) is 0 Å². The van der Waals surface area contributed by atoms with Crippen molar-refractivity contribution in [3.8, 4) is 5.75 Å². The first kappa shape index (κ1) is 19.3. The van der Waals surface area contributed by atoms with E-state index >= 15 is 0 Å². The first-order valence-corrected chi connectivity index (χ1v) is 9.65. The molecule has 5 heteroatoms. The second kappa shape index (κ2) is 9.01. The van der Waals surface area contributed by atoms with E-state index in [4.69, 9.17) is 10.5 Å². The first-order valence-electron chi connectivity index (χ1n) is 9.65. The fraction of sp³-hybridized carbons (Fsp3) is 0.0800. The molecule has 5 nitrogen and oxygen atoms in total. The van der Waals surface area contributed by atoms with Crippen molar-refractivity contribution in [3.05, 3.63) is 102 Å². The van der Waals surface area contributed by atoms with Gasteiger partial charge in [-0.3, -0.25) is 9.98 Å². The van der Waals surface area contributed by atoms with E-state index in [2.05, 4.69) is 21.0 Å². The van der Waals surface area contributed by atoms with E-state index in [0.717, 1.165) is 39.0 Å². The number of hydrogen-bond acceptors (Lipinski definition) is 5. The molecule has 0 spiro atoms. The highest BCUT2D eigenvalue weighted by atomic mass is 16.5. The van der Waals surface area contributed by atoms with Crippen molar-refractivity contribution in [2.45, 2.75) is 6.61 Å². The van der Waals surface area contributed by atoms with Gasteiger partial charge in [0.05, 0.1) is 11.2 Å². The van der Waals surface area contributed by atoms with E-state index < -0.39 is 0 Å². The monoisotopic (exact) mass is 394 g/mol. The Hall–Kier alpha value is -3.99. The van der Waals surface area contributed by atoms with Gasteiger partial charge in [0.25, 0.3) is 0 Å². The van der Waals surface area contributed by atoms with Gasteiger partial charge in [-0.25, -0.2) is 4.98 Å². The van der Waals surface area contributed by atoms with Gasteiger partial charge in [0.15, 0.2) is 0 Å². The third-order valence-corrected chi connectivity index (χ3v) is 4.75. The minimum atomic E-state index is 0.403. The third-order valence-electron chi connectivity index (χ3n) is 4.75. The van der Waals surface area contributed by atoms with Gasteiger partial charge < -0.3 is 10.5 Å². The Morgan fingerprint density at radius 2 is 1.70 bits per heavy atom. The molecule has 2 N–H and O–H groups in total. The van der Waals surface area contributed by atoms with E-state index in [1.807, 2.05) is 66.7 Å². The maximum atomic E-state index is 6.44. The van der Waals surface area contributed by atoms with Crippen molar-refractivity contribution < 1.29 is 4.74 Å². The van der Waals surface area contributed by atoms with Crippen LogP contribution in [0.15, 0.2) is 90.2 Å². The van der Waals surface area contributed by atoms with Crippen LogP contribution < -0.4 is 10.5 Å². The van der Waals surface area contributed by atoms with Crippen molar-refractivity contribution in [1.82, 2.24) is 9.97 Å². The van der Waals surface area contributed by atoms with Crippen molar-refractivity contribution in [2.24, 2.45) is 10.7 Å². The van der Waals surface area contributed by atoms with Crippen LogP contribution in [0, 0.1) is 0 Å². The summed E-state index contributed by atoms with van der Waals surface area (Å²) in [6.07, 6.45) is 5.24. The number of aromatic nitrogens is 2. The number of ether oxygens (including phenoxy) is 1. The van der Waals surface area contributed by atoms with Crippen LogP contribution in [0.2, 0.25) is 0 Å². The first-order chi connectivity index (χ1) is 14.7. The highest BCUT2D eigenvalue weighted by Gasteiger charge is 2.08. The molecular weight excluding hydrogens is 372 g/mol. The molecule has 0 bridgehead atoms. The summed E-state index contributed by atoms with van der Waals surface area (Å²) in [6, 6.07) is 23.6. The van der Waals surface area contributed by atoms with Crippen LogP contribution in [-0.2, 0) is 6.61 Å². The van der Waals surface area contributed by atoms with Crippen LogP contribution in [0.3, 0.4) is 0 Å². The molecule has 0 fully saturated rings. The smallest absolute Gasteiger partial charge is 0.130 e. The normalized spacial score (nSPS) is 12.2. The molecule has 148 valence electrons. The number of rotatable bonds is 6. The van der Waals surface area contributed by atoms with Crippen molar-refractivity contribution in [3.63, 3.8) is 0 Å². The van der Waals surface area contributed by atoms with Gasteiger partial charge in [-0.2, -0.15) is 0 Å². The van der Waals surface area contributed by atoms with Gasteiger partial charge in [0.2, 0.25) is 0 Å². The maximum Gasteiger partial charge on any atom is 0.130 e. The Kier molecular flexibility index (Phi) is 5.80. The summed E-state index contributed by atoms with van der Waals surface area (Å²) in [4.78, 5) is 12.9. The molecule has 0 aliphatic heterocycles. The highest BCUT2D eigenvalue weighted by Crippen LogP contribution is 2.23. The molecule has 0 aliphatic rings. The number of nitrogens with zero attached hydrogens (tertiary/aromatic N) is 3. The topological polar surface area (TPSA) is 73.4 Å². The molecular formula is C25H22N4O. The summed E-state index contributed by atoms with van der Waals surface area (Å²) in [5, 5.41) is 1.12. The fourth-order valence-corrected chi connectivity index (χ4v) is 3.19. The quantitative estimate of drug-likeness (QED) is 0.480. The van der Waals surface area contributed by atoms with Crippen LogP contribution in [0.25, 0.3) is 22.2 Å². The summed E-state index contributed by atoms with van der Waals surface area (Å²) in [7, 11) is 1.73. The Morgan fingerprint density at radius 1 is 0.933 bits per heavy atom. The van der Waals surface area contributed by atoms with Gasteiger partial charge in [-0.15, -0.1) is 0 Å². The van der Waals surface area contributed by atoms with E-state index in [1.165, 1.54) is 0 Å². The molecule has 30 heavy (non-hydrogen) atoms. The molecule has 0 saturated carbocycles. The van der Waals surface area contributed by atoms with E-state index in [0.29, 0.717) is 12.3 Å². The molecule has 2 aromatic carbocycles. The number of allylic oxidation sites excluding steroid dienone is 1. The van der Waals surface area contributed by atoms with Gasteiger partial charge in [0.1, 0.15) is 12.4 Å². The maximum absolute atomic E-state index is 6.44. The molecule has 0 unspecified atom stereocenters. The summed E-state index contributed by atoms with van der Waals surface area (Å²) in [6.45, 7) is 0.403.